The molecule has 0 bridgehead atoms. The van der Waals surface area contributed by atoms with Crippen molar-refractivity contribution in [1.29, 1.82) is 0 Å². The second-order valence-electron chi connectivity index (χ2n) is 6.02. The van der Waals surface area contributed by atoms with E-state index in [0.717, 1.165) is 11.1 Å². The highest BCUT2D eigenvalue weighted by Crippen LogP contribution is 2.23. The fourth-order valence-electron chi connectivity index (χ4n) is 2.88. The maximum atomic E-state index is 6.16. The van der Waals surface area contributed by atoms with Crippen molar-refractivity contribution in [2.24, 2.45) is 0 Å². The molecule has 0 saturated heterocycles. The van der Waals surface area contributed by atoms with Crippen molar-refractivity contribution in [3.05, 3.63) is 60.4 Å². The number of nitrogens with two attached hydrogens (primary N) is 1. The van der Waals surface area contributed by atoms with Crippen LogP contribution in [0, 0.1) is 0 Å². The van der Waals surface area contributed by atoms with Crippen LogP contribution in [-0.4, -0.2) is 29.3 Å². The number of nitrogen functional groups attached to an aromatic ring is 1. The Bertz CT molecular complexity index is 1090. The van der Waals surface area contributed by atoms with Gasteiger partial charge >= 0.3 is 0 Å². The Morgan fingerprint density at radius 3 is 2.70 bits per heavy atom. The summed E-state index contributed by atoms with van der Waals surface area (Å²) in [6, 6.07) is 10.1. The molecule has 3 heterocycles. The number of hydrogen-bond acceptors (Lipinski definition) is 6. The first-order valence-corrected chi connectivity index (χ1v) is 8.68. The van der Waals surface area contributed by atoms with Gasteiger partial charge in [0.15, 0.2) is 17.0 Å². The molecule has 4 aromatic rings. The third-order valence-electron chi connectivity index (χ3n) is 4.25. The zero-order chi connectivity index (χ0) is 18.8. The average molecular weight is 360 g/mol. The molecule has 0 aliphatic rings. The molecule has 8 nitrogen and oxygen atoms in total. The molecule has 3 aromatic heterocycles. The minimum atomic E-state index is 0.333. The van der Waals surface area contributed by atoms with Gasteiger partial charge in [0.1, 0.15) is 0 Å². The Balaban J connectivity index is 1.73. The molecular formula is C19H20N8. The monoisotopic (exact) mass is 360 g/mol. The summed E-state index contributed by atoms with van der Waals surface area (Å²) in [4.78, 5) is 13.6. The Labute approximate surface area is 156 Å². The molecule has 0 spiro atoms. The SMILES string of the molecule is C=Cc1cnn(-c2nc3c(N)nc(NCc4ccccc4)nc3n2CC)c1. The summed E-state index contributed by atoms with van der Waals surface area (Å²) in [5.41, 5.74) is 9.44. The standard InChI is InChI=1S/C19H20N8/c1-3-13-11-22-27(12-13)19-23-15-16(20)24-18(25-17(15)26(19)4-2)21-10-14-8-6-5-7-9-14/h3,5-9,11-12H,1,4,10H2,2H3,(H3,20,21,24,25). The predicted molar refractivity (Wildman–Crippen MR) is 106 cm³/mol. The zero-order valence-corrected chi connectivity index (χ0v) is 15.0. The van der Waals surface area contributed by atoms with E-state index in [4.69, 9.17) is 5.73 Å². The Hall–Kier alpha value is -3.68. The number of anilines is 2. The number of benzene rings is 1. The van der Waals surface area contributed by atoms with E-state index in [1.807, 2.05) is 48.0 Å². The Morgan fingerprint density at radius 2 is 2.00 bits per heavy atom. The largest absolute Gasteiger partial charge is 0.382 e. The minimum absolute atomic E-state index is 0.333. The number of fused-ring (bicyclic) bond motifs is 1. The van der Waals surface area contributed by atoms with Crippen LogP contribution in [0.5, 0.6) is 0 Å². The number of nitrogens with one attached hydrogen (secondary N) is 1. The molecule has 0 radical (unpaired) electrons. The summed E-state index contributed by atoms with van der Waals surface area (Å²) < 4.78 is 3.65. The van der Waals surface area contributed by atoms with Crippen molar-refractivity contribution in [3.63, 3.8) is 0 Å². The maximum absolute atomic E-state index is 6.16. The van der Waals surface area contributed by atoms with Crippen LogP contribution in [0.3, 0.4) is 0 Å². The fraction of sp³-hybridized carbons (Fsp3) is 0.158. The van der Waals surface area contributed by atoms with Gasteiger partial charge in [-0.15, -0.1) is 0 Å². The van der Waals surface area contributed by atoms with Gasteiger partial charge in [0, 0.05) is 24.8 Å². The molecule has 0 fully saturated rings. The van der Waals surface area contributed by atoms with Crippen LogP contribution in [0.1, 0.15) is 18.1 Å². The van der Waals surface area contributed by atoms with Crippen LogP contribution in [0.25, 0.3) is 23.2 Å². The molecule has 0 saturated carbocycles. The van der Waals surface area contributed by atoms with Gasteiger partial charge in [-0.3, -0.25) is 4.57 Å². The molecule has 4 rings (SSSR count). The van der Waals surface area contributed by atoms with E-state index in [0.29, 0.717) is 42.0 Å². The van der Waals surface area contributed by atoms with Crippen LogP contribution < -0.4 is 11.1 Å². The van der Waals surface area contributed by atoms with E-state index < -0.39 is 0 Å². The van der Waals surface area contributed by atoms with Gasteiger partial charge in [-0.2, -0.15) is 15.1 Å². The molecule has 0 aliphatic carbocycles. The van der Waals surface area contributed by atoms with E-state index in [-0.39, 0.29) is 0 Å². The van der Waals surface area contributed by atoms with Crippen LogP contribution in [-0.2, 0) is 13.1 Å². The molecule has 136 valence electrons. The van der Waals surface area contributed by atoms with E-state index in [9.17, 15) is 0 Å². The van der Waals surface area contributed by atoms with Crippen LogP contribution in [0.2, 0.25) is 0 Å². The van der Waals surface area contributed by atoms with Crippen molar-refractivity contribution in [2.75, 3.05) is 11.1 Å². The van der Waals surface area contributed by atoms with Crippen molar-refractivity contribution < 1.29 is 0 Å². The second-order valence-corrected chi connectivity index (χ2v) is 6.02. The molecule has 0 atom stereocenters. The number of aromatic nitrogens is 6. The molecule has 3 N–H and O–H groups in total. The molecule has 1 aromatic carbocycles. The van der Waals surface area contributed by atoms with Gasteiger partial charge in [0.25, 0.3) is 0 Å². The van der Waals surface area contributed by atoms with Gasteiger partial charge in [0.05, 0.1) is 6.20 Å². The number of hydrogen-bond donors (Lipinski definition) is 2. The molecule has 0 amide bonds. The van der Waals surface area contributed by atoms with Crippen molar-refractivity contribution >= 4 is 29.0 Å². The molecule has 8 heteroatoms. The van der Waals surface area contributed by atoms with Gasteiger partial charge < -0.3 is 11.1 Å². The van der Waals surface area contributed by atoms with Crippen molar-refractivity contribution in [3.8, 4) is 5.95 Å². The lowest BCUT2D eigenvalue weighted by atomic mass is 10.2. The molecular weight excluding hydrogens is 340 g/mol. The third kappa shape index (κ3) is 3.12. The predicted octanol–water partition coefficient (Wildman–Crippen LogP) is 2.87. The average Bonchev–Trinajstić information content (AvgIpc) is 3.31. The minimum Gasteiger partial charge on any atom is -0.382 e. The van der Waals surface area contributed by atoms with Gasteiger partial charge in [0.2, 0.25) is 11.9 Å². The summed E-state index contributed by atoms with van der Waals surface area (Å²) >= 11 is 0. The summed E-state index contributed by atoms with van der Waals surface area (Å²) in [5, 5.41) is 7.58. The van der Waals surface area contributed by atoms with Gasteiger partial charge in [-0.25, -0.2) is 9.67 Å². The van der Waals surface area contributed by atoms with E-state index in [2.05, 4.69) is 31.9 Å². The normalized spacial score (nSPS) is 11.0. The quantitative estimate of drug-likeness (QED) is 0.548. The first-order valence-electron chi connectivity index (χ1n) is 8.68. The number of imidazole rings is 1. The Morgan fingerprint density at radius 1 is 1.19 bits per heavy atom. The van der Waals surface area contributed by atoms with E-state index >= 15 is 0 Å². The highest BCUT2D eigenvalue weighted by atomic mass is 15.4. The lowest BCUT2D eigenvalue weighted by molar-refractivity contribution is 0.697. The van der Waals surface area contributed by atoms with E-state index in [1.54, 1.807) is 17.0 Å². The summed E-state index contributed by atoms with van der Waals surface area (Å²) in [6.07, 6.45) is 5.33. The lowest BCUT2D eigenvalue weighted by Gasteiger charge is -2.08. The Kier molecular flexibility index (Phi) is 4.29. The van der Waals surface area contributed by atoms with Crippen molar-refractivity contribution in [1.82, 2.24) is 29.3 Å². The van der Waals surface area contributed by atoms with E-state index in [1.165, 1.54) is 0 Å². The summed E-state index contributed by atoms with van der Waals surface area (Å²) in [7, 11) is 0. The number of rotatable bonds is 6. The molecule has 27 heavy (non-hydrogen) atoms. The summed E-state index contributed by atoms with van der Waals surface area (Å²) in [6.45, 7) is 7.07. The van der Waals surface area contributed by atoms with Gasteiger partial charge in [-0.1, -0.05) is 43.0 Å². The molecule has 0 aliphatic heterocycles. The first-order chi connectivity index (χ1) is 13.2. The second kappa shape index (κ2) is 6.91. The lowest BCUT2D eigenvalue weighted by Crippen LogP contribution is -2.08. The summed E-state index contributed by atoms with van der Waals surface area (Å²) in [5.74, 6) is 1.44. The van der Waals surface area contributed by atoms with Crippen LogP contribution >= 0.6 is 0 Å². The maximum Gasteiger partial charge on any atom is 0.233 e. The smallest absolute Gasteiger partial charge is 0.233 e. The van der Waals surface area contributed by atoms with Crippen LogP contribution in [0.15, 0.2) is 49.3 Å². The number of nitrogens with zero attached hydrogens (tertiary/aromatic N) is 6. The fourth-order valence-corrected chi connectivity index (χ4v) is 2.88. The topological polar surface area (TPSA) is 99.5 Å². The van der Waals surface area contributed by atoms with Crippen LogP contribution in [0.4, 0.5) is 11.8 Å². The zero-order valence-electron chi connectivity index (χ0n) is 15.0. The first kappa shape index (κ1) is 16.8. The van der Waals surface area contributed by atoms with Gasteiger partial charge in [-0.05, 0) is 12.5 Å². The number of aryl methyl sites for hydroxylation is 1. The van der Waals surface area contributed by atoms with Crippen molar-refractivity contribution in [2.45, 2.75) is 20.0 Å². The highest BCUT2D eigenvalue weighted by Gasteiger charge is 2.17. The highest BCUT2D eigenvalue weighted by molar-refractivity contribution is 5.84. The molecule has 0 unspecified atom stereocenters. The third-order valence-corrected chi connectivity index (χ3v) is 4.25.